The van der Waals surface area contributed by atoms with Gasteiger partial charge in [-0.1, -0.05) is 73.3 Å². The Hall–Kier alpha value is -10.0. The van der Waals surface area contributed by atoms with Crippen molar-refractivity contribution < 1.29 is 71.7 Å². The molecule has 0 unspecified atom stereocenters. The first-order chi connectivity index (χ1) is 38.0. The molecular weight excluding hydrogens is 1100 g/mol. The van der Waals surface area contributed by atoms with E-state index in [0.29, 0.717) is 34.0 Å². The molecule has 0 spiro atoms. The van der Waals surface area contributed by atoms with Gasteiger partial charge in [0.15, 0.2) is 5.78 Å². The van der Waals surface area contributed by atoms with Crippen molar-refractivity contribution in [3.05, 3.63) is 266 Å². The highest BCUT2D eigenvalue weighted by molar-refractivity contribution is 5.92. The van der Waals surface area contributed by atoms with Crippen LogP contribution >= 0.6 is 0 Å². The lowest BCUT2D eigenvalue weighted by molar-refractivity contribution is -0.422. The van der Waals surface area contributed by atoms with Crippen LogP contribution in [0, 0.1) is 26.3 Å². The molecule has 422 valence electrons. The van der Waals surface area contributed by atoms with Gasteiger partial charge in [0, 0.05) is 40.9 Å². The minimum atomic E-state index is -4.46. The van der Waals surface area contributed by atoms with E-state index in [1.807, 2.05) is 0 Å². The van der Waals surface area contributed by atoms with Crippen molar-refractivity contribution >= 4 is 57.0 Å². The fourth-order valence-electron chi connectivity index (χ4n) is 6.46. The number of nitrogens with zero attached hydrogens (tertiary/aromatic N) is 2. The number of nitrogen functional groups attached to an aromatic ring is 2. The first-order valence-corrected chi connectivity index (χ1v) is 22.8. The van der Waals surface area contributed by atoms with Crippen LogP contribution in [0.2, 0.25) is 0 Å². The summed E-state index contributed by atoms with van der Waals surface area (Å²) in [7, 11) is 0. The van der Waals surface area contributed by atoms with Gasteiger partial charge in [0.25, 0.3) is 5.69 Å². The Bertz CT molecular complexity index is 3390. The van der Waals surface area contributed by atoms with Gasteiger partial charge in [-0.25, -0.2) is 10.1 Å². The summed E-state index contributed by atoms with van der Waals surface area (Å²) in [5, 5.41) is 29.2. The molecule has 7 N–H and O–H groups in total. The average molecular weight is 1140 g/mol. The highest BCUT2D eigenvalue weighted by Crippen LogP contribution is 2.36. The van der Waals surface area contributed by atoms with Crippen LogP contribution in [-0.2, 0) is 35.9 Å². The molecule has 81 heavy (non-hydrogen) atoms. The quantitative estimate of drug-likeness (QED) is 0.0208. The number of nitrogens with two attached hydrogens (primary N) is 2. The Morgan fingerprint density at radius 1 is 0.531 bits per heavy atom. The van der Waals surface area contributed by atoms with E-state index in [9.17, 15) is 82.1 Å². The van der Waals surface area contributed by atoms with Crippen LogP contribution < -0.4 is 27.4 Å². The zero-order valence-corrected chi connectivity index (χ0v) is 41.4. The second-order valence-electron chi connectivity index (χ2n) is 16.2. The second-order valence-corrected chi connectivity index (χ2v) is 16.2. The van der Waals surface area contributed by atoms with Crippen LogP contribution in [0.4, 0.5) is 108 Å². The molecule has 1 aliphatic carbocycles. The summed E-state index contributed by atoms with van der Waals surface area (Å²) >= 11 is 0. The summed E-state index contributed by atoms with van der Waals surface area (Å²) < 4.78 is 162. The number of halogens is 13. The fraction of sp³-hybridized carbons (Fsp3) is 0.0893. The van der Waals surface area contributed by atoms with Gasteiger partial charge < -0.3 is 27.4 Å². The molecule has 0 aliphatic heterocycles. The number of para-hydroxylation sites is 5. The summed E-state index contributed by atoms with van der Waals surface area (Å²) in [5.41, 5.74) is 10.6. The van der Waals surface area contributed by atoms with Crippen LogP contribution in [0.25, 0.3) is 0 Å². The number of nitrogens with one attached hydrogen (secondary N) is 3. The predicted molar refractivity (Wildman–Crippen MR) is 281 cm³/mol. The molecular formula is C56H43F13N7O5+. The molecule has 0 bridgehead atoms. The van der Waals surface area contributed by atoms with E-state index in [-0.39, 0.29) is 35.0 Å². The Labute approximate surface area is 452 Å². The number of carbonyl (C=O) groups excluding carboxylic acids is 1. The number of benzene rings is 7. The van der Waals surface area contributed by atoms with E-state index in [4.69, 9.17) is 11.5 Å². The highest BCUT2D eigenvalue weighted by Gasteiger charge is 2.33. The van der Waals surface area contributed by atoms with Gasteiger partial charge in [0.05, 0.1) is 50.7 Å². The van der Waals surface area contributed by atoms with Crippen molar-refractivity contribution in [2.75, 3.05) is 27.4 Å². The summed E-state index contributed by atoms with van der Waals surface area (Å²) in [4.78, 5) is 30.9. The largest absolute Gasteiger partial charge is 0.416 e. The smallest absolute Gasteiger partial charge is 0.399 e. The molecule has 0 amide bonds. The van der Waals surface area contributed by atoms with Crippen molar-refractivity contribution in [3.63, 3.8) is 0 Å². The van der Waals surface area contributed by atoms with Crippen molar-refractivity contribution in [3.8, 4) is 0 Å². The van der Waals surface area contributed by atoms with Gasteiger partial charge in [0.1, 0.15) is 22.8 Å². The zero-order chi connectivity index (χ0) is 60.1. The zero-order valence-electron chi connectivity index (χ0n) is 41.4. The van der Waals surface area contributed by atoms with Gasteiger partial charge in [-0.3, -0.25) is 14.9 Å². The SMILES string of the molecule is C=CC(=O)Cc1ccccc1Nc1cccc(C(F)(F)F)c1.Nc1cccc(C(F)(F)F)c1.Nc1ccccc1Nc1cccc(C(F)(F)F)c1.O=[N+]([O-])C1=CC=C[C+]=C1F.O=[N+]([O-])c1ccccc1Nc1cccc(C(F)(F)F)c1. The lowest BCUT2D eigenvalue weighted by atomic mass is 10.1. The van der Waals surface area contributed by atoms with Gasteiger partial charge in [-0.2, -0.15) is 57.1 Å². The number of nitro benzene ring substituents is 1. The van der Waals surface area contributed by atoms with Crippen molar-refractivity contribution in [1.82, 2.24) is 0 Å². The van der Waals surface area contributed by atoms with Gasteiger partial charge in [-0.15, -0.1) is 0 Å². The summed E-state index contributed by atoms with van der Waals surface area (Å²) in [5.74, 6) is -1.08. The molecule has 0 atom stereocenters. The standard InChI is InChI=1S/C17H14F3NO.C13H9F3N2O2.C13H11F3N2.C7H6F3N.C6H3FNO2/c1-2-15(22)10-12-6-3-4-9-16(12)21-14-8-5-7-13(11-14)17(18,19)20;14-13(15,16)9-4-3-5-10(8-9)17-11-6-1-2-7-12(11)18(19)20;14-13(15,16)9-4-3-5-10(8-9)18-12-7-2-1-6-11(12)17;8-7(9,10)5-2-1-3-6(11)4-5;7-5-3-1-2-4-6(5)8(9)10/h2-9,11,21H,1,10H2;1-8,17H;1-8,18H,17H2;1-4H,11H2;1-2,4H/q;;;;+1. The first kappa shape index (κ1) is 63.5. The van der Waals surface area contributed by atoms with Crippen LogP contribution in [-0.4, -0.2) is 15.6 Å². The monoisotopic (exact) mass is 1140 g/mol. The maximum Gasteiger partial charge on any atom is 0.416 e. The van der Waals surface area contributed by atoms with Crippen LogP contribution in [0.3, 0.4) is 0 Å². The van der Waals surface area contributed by atoms with Crippen molar-refractivity contribution in [1.29, 1.82) is 0 Å². The van der Waals surface area contributed by atoms with Gasteiger partial charge >= 0.3 is 36.2 Å². The number of anilines is 8. The van der Waals surface area contributed by atoms with Gasteiger partial charge in [0.2, 0.25) is 0 Å². The number of alkyl halides is 12. The lowest BCUT2D eigenvalue weighted by Crippen LogP contribution is -2.06. The maximum atomic E-state index is 12.7. The van der Waals surface area contributed by atoms with Crippen molar-refractivity contribution in [2.24, 2.45) is 0 Å². The normalized spacial score (nSPS) is 11.7. The molecule has 7 aromatic carbocycles. The van der Waals surface area contributed by atoms with Crippen molar-refractivity contribution in [2.45, 2.75) is 31.1 Å². The molecule has 7 aromatic rings. The van der Waals surface area contributed by atoms with Crippen LogP contribution in [0.5, 0.6) is 0 Å². The summed E-state index contributed by atoms with van der Waals surface area (Å²) in [6.07, 6.45) is -10.3. The fourth-order valence-corrected chi connectivity index (χ4v) is 6.46. The molecule has 12 nitrogen and oxygen atoms in total. The Morgan fingerprint density at radius 2 is 0.938 bits per heavy atom. The third-order valence-corrected chi connectivity index (χ3v) is 10.3. The molecule has 8 rings (SSSR count). The van der Waals surface area contributed by atoms with Crippen LogP contribution in [0.1, 0.15) is 27.8 Å². The van der Waals surface area contributed by atoms with E-state index in [2.05, 4.69) is 28.6 Å². The minimum absolute atomic E-state index is 0.125. The number of allylic oxidation sites excluding steroid dienone is 6. The molecule has 0 saturated carbocycles. The third-order valence-electron chi connectivity index (χ3n) is 10.3. The van der Waals surface area contributed by atoms with Crippen LogP contribution in [0.15, 0.2) is 212 Å². The number of carbonyl (C=O) groups is 1. The molecule has 0 radical (unpaired) electrons. The summed E-state index contributed by atoms with van der Waals surface area (Å²) in [6.45, 7) is 3.41. The van der Waals surface area contributed by atoms with E-state index in [0.717, 1.165) is 54.6 Å². The average Bonchev–Trinajstić information content (AvgIpc) is 3.41. The number of hydrogen-bond donors (Lipinski definition) is 5. The number of rotatable bonds is 11. The number of hydrogen-bond acceptors (Lipinski definition) is 10. The van der Waals surface area contributed by atoms with E-state index in [1.165, 1.54) is 72.8 Å². The Balaban J connectivity index is 0.000000224. The second kappa shape index (κ2) is 28.6. The van der Waals surface area contributed by atoms with E-state index in [1.54, 1.807) is 66.7 Å². The Morgan fingerprint density at radius 3 is 1.35 bits per heavy atom. The molecule has 0 saturated heterocycles. The first-order valence-electron chi connectivity index (χ1n) is 22.8. The number of nitro groups is 2. The molecule has 0 fully saturated rings. The Kier molecular flexibility index (Phi) is 22.4. The van der Waals surface area contributed by atoms with E-state index < -0.39 is 68.3 Å². The van der Waals surface area contributed by atoms with E-state index >= 15 is 0 Å². The molecule has 0 heterocycles. The molecule has 1 aliphatic rings. The molecule has 0 aromatic heterocycles. The summed E-state index contributed by atoms with van der Waals surface area (Å²) in [6, 6.07) is 38.6. The topological polar surface area (TPSA) is 191 Å². The van der Waals surface area contributed by atoms with Gasteiger partial charge in [-0.05, 0) is 109 Å². The lowest BCUT2D eigenvalue weighted by Gasteiger charge is -2.13. The third kappa shape index (κ3) is 21.0. The molecule has 25 heteroatoms. The highest BCUT2D eigenvalue weighted by atomic mass is 19.4. The predicted octanol–water partition coefficient (Wildman–Crippen LogP) is 16.8. The maximum absolute atomic E-state index is 12.7. The number of ketones is 1. The minimum Gasteiger partial charge on any atom is -0.399 e.